The van der Waals surface area contributed by atoms with E-state index < -0.39 is 0 Å². The van der Waals surface area contributed by atoms with Gasteiger partial charge < -0.3 is 14.5 Å². The predicted molar refractivity (Wildman–Crippen MR) is 108 cm³/mol. The first-order chi connectivity index (χ1) is 12.6. The molecule has 2 heterocycles. The minimum atomic E-state index is -0.120. The molecule has 0 saturated carbocycles. The number of rotatable bonds is 7. The fourth-order valence-electron chi connectivity index (χ4n) is 2.49. The molecule has 1 aliphatic rings. The first-order valence-corrected chi connectivity index (χ1v) is 9.59. The van der Waals surface area contributed by atoms with E-state index in [0.717, 1.165) is 23.1 Å². The maximum Gasteiger partial charge on any atom is 0.276 e. The molecule has 1 N–H and O–H groups in total. The largest absolute Gasteiger partial charge is 0.484 e. The molecule has 0 bridgehead atoms. The van der Waals surface area contributed by atoms with Crippen LogP contribution in [0.25, 0.3) is 6.08 Å². The molecule has 5 nitrogen and oxygen atoms in total. The summed E-state index contributed by atoms with van der Waals surface area (Å²) in [5.41, 5.74) is 0.429. The Morgan fingerprint density at radius 2 is 2.12 bits per heavy atom. The zero-order valence-corrected chi connectivity index (χ0v) is 16.7. The molecule has 0 aliphatic carbocycles. The monoisotopic (exact) mass is 434 g/mol. The third-order valence-electron chi connectivity index (χ3n) is 3.87. The van der Waals surface area contributed by atoms with E-state index in [1.807, 2.05) is 30.3 Å². The summed E-state index contributed by atoms with van der Waals surface area (Å²) in [7, 11) is 0. The van der Waals surface area contributed by atoms with Gasteiger partial charge in [0.25, 0.3) is 5.91 Å². The Morgan fingerprint density at radius 3 is 2.88 bits per heavy atom. The van der Waals surface area contributed by atoms with Gasteiger partial charge in [-0.1, -0.05) is 25.5 Å². The highest BCUT2D eigenvalue weighted by molar-refractivity contribution is 9.10. The number of halogens is 1. The Bertz CT molecular complexity index is 847. The first-order valence-electron chi connectivity index (χ1n) is 8.39. The van der Waals surface area contributed by atoms with Gasteiger partial charge in [-0.15, -0.1) is 0 Å². The Balaban J connectivity index is 1.65. The van der Waals surface area contributed by atoms with Crippen LogP contribution in [0.5, 0.6) is 5.75 Å². The second-order valence-corrected chi connectivity index (χ2v) is 7.06. The second kappa shape index (κ2) is 8.51. The molecule has 26 heavy (non-hydrogen) atoms. The van der Waals surface area contributed by atoms with Crippen molar-refractivity contribution >= 4 is 45.2 Å². The summed E-state index contributed by atoms with van der Waals surface area (Å²) in [5, 5.41) is 3.40. The molecule has 0 unspecified atom stereocenters. The fourth-order valence-corrected chi connectivity index (χ4v) is 3.18. The normalized spacial score (nSPS) is 15.6. The molecular weight excluding hydrogens is 416 g/mol. The van der Waals surface area contributed by atoms with Crippen LogP contribution in [0, 0.1) is 0 Å². The van der Waals surface area contributed by atoms with Gasteiger partial charge >= 0.3 is 0 Å². The summed E-state index contributed by atoms with van der Waals surface area (Å²) in [4.78, 5) is 14.0. The van der Waals surface area contributed by atoms with Crippen molar-refractivity contribution < 1.29 is 13.9 Å². The van der Waals surface area contributed by atoms with E-state index in [1.165, 1.54) is 0 Å². The average Bonchev–Trinajstić information content (AvgIpc) is 3.18. The highest BCUT2D eigenvalue weighted by Gasteiger charge is 2.30. The van der Waals surface area contributed by atoms with Crippen molar-refractivity contribution in [2.45, 2.75) is 26.4 Å². The number of nitrogens with zero attached hydrogens (tertiary/aromatic N) is 1. The molecule has 7 heteroatoms. The van der Waals surface area contributed by atoms with E-state index in [1.54, 1.807) is 17.0 Å². The van der Waals surface area contributed by atoms with E-state index in [9.17, 15) is 4.79 Å². The van der Waals surface area contributed by atoms with Crippen molar-refractivity contribution in [3.63, 3.8) is 0 Å². The number of unbranched alkanes of at least 4 members (excludes halogenated alkanes) is 1. The molecule has 3 rings (SSSR count). The molecule has 0 atom stereocenters. The molecule has 1 aliphatic heterocycles. The van der Waals surface area contributed by atoms with Crippen LogP contribution < -0.4 is 10.1 Å². The van der Waals surface area contributed by atoms with Crippen molar-refractivity contribution in [3.05, 3.63) is 58.1 Å². The number of nitrogens with one attached hydrogen (secondary N) is 1. The zero-order valence-electron chi connectivity index (χ0n) is 14.3. The predicted octanol–water partition coefficient (Wildman–Crippen LogP) is 4.48. The summed E-state index contributed by atoms with van der Waals surface area (Å²) in [5.74, 6) is 1.87. The van der Waals surface area contributed by atoms with Crippen LogP contribution in [-0.4, -0.2) is 22.5 Å². The van der Waals surface area contributed by atoms with Gasteiger partial charge in [0, 0.05) is 12.6 Å². The highest BCUT2D eigenvalue weighted by atomic mass is 79.9. The fraction of sp³-hybridized carbons (Fsp3) is 0.263. The topological polar surface area (TPSA) is 54.7 Å². The van der Waals surface area contributed by atoms with Gasteiger partial charge in [-0.2, -0.15) is 0 Å². The van der Waals surface area contributed by atoms with Crippen LogP contribution >= 0.6 is 28.1 Å². The van der Waals surface area contributed by atoms with Crippen LogP contribution in [0.3, 0.4) is 0 Å². The van der Waals surface area contributed by atoms with Gasteiger partial charge in [0.15, 0.2) is 5.11 Å². The van der Waals surface area contributed by atoms with Crippen LogP contribution in [-0.2, 0) is 11.4 Å². The SMILES string of the molecule is CCCCN1C(=O)/C(=C\c2ccc(COc3ccccc3Br)o2)NC1=S. The number of hydrogen-bond acceptors (Lipinski definition) is 4. The summed E-state index contributed by atoms with van der Waals surface area (Å²) in [6.07, 6.45) is 3.59. The maximum absolute atomic E-state index is 12.4. The standard InChI is InChI=1S/C19H19BrN2O3S/c1-2-3-10-22-18(23)16(21-19(22)26)11-13-8-9-14(25-13)12-24-17-7-5-4-6-15(17)20/h4-9,11H,2-3,10,12H2,1H3,(H,21,26)/b16-11+. The molecule has 1 aromatic carbocycles. The Morgan fingerprint density at radius 1 is 1.31 bits per heavy atom. The van der Waals surface area contributed by atoms with Crippen molar-refractivity contribution in [3.8, 4) is 5.75 Å². The molecule has 1 amide bonds. The summed E-state index contributed by atoms with van der Waals surface area (Å²) in [6, 6.07) is 11.3. The third kappa shape index (κ3) is 4.34. The number of thiocarbonyl (C=S) groups is 1. The van der Waals surface area contributed by atoms with Crippen LogP contribution in [0.2, 0.25) is 0 Å². The number of carbonyl (C=O) groups excluding carboxylic acids is 1. The van der Waals surface area contributed by atoms with E-state index in [-0.39, 0.29) is 5.91 Å². The number of para-hydroxylation sites is 1. The molecule has 0 radical (unpaired) electrons. The van der Waals surface area contributed by atoms with Gasteiger partial charge in [-0.25, -0.2) is 0 Å². The molecule has 1 saturated heterocycles. The van der Waals surface area contributed by atoms with Gasteiger partial charge in [-0.3, -0.25) is 9.69 Å². The first kappa shape index (κ1) is 18.7. The van der Waals surface area contributed by atoms with Gasteiger partial charge in [0.1, 0.15) is 29.6 Å². The lowest BCUT2D eigenvalue weighted by molar-refractivity contribution is -0.122. The minimum absolute atomic E-state index is 0.120. The Labute approximate surface area is 166 Å². The van der Waals surface area contributed by atoms with E-state index in [4.69, 9.17) is 21.4 Å². The molecule has 1 fully saturated rings. The zero-order chi connectivity index (χ0) is 18.5. The van der Waals surface area contributed by atoms with E-state index in [0.29, 0.717) is 35.5 Å². The lowest BCUT2D eigenvalue weighted by Crippen LogP contribution is -2.31. The molecule has 136 valence electrons. The van der Waals surface area contributed by atoms with Crippen molar-refractivity contribution in [2.24, 2.45) is 0 Å². The average molecular weight is 435 g/mol. The van der Waals surface area contributed by atoms with Crippen molar-refractivity contribution in [1.82, 2.24) is 10.2 Å². The molecule has 2 aromatic rings. The Kier molecular flexibility index (Phi) is 6.11. The summed E-state index contributed by atoms with van der Waals surface area (Å²) in [6.45, 7) is 3.00. The van der Waals surface area contributed by atoms with Crippen LogP contribution in [0.4, 0.5) is 0 Å². The molecular formula is C19H19BrN2O3S. The third-order valence-corrected chi connectivity index (χ3v) is 4.85. The lowest BCUT2D eigenvalue weighted by Gasteiger charge is -2.12. The van der Waals surface area contributed by atoms with E-state index in [2.05, 4.69) is 28.2 Å². The maximum atomic E-state index is 12.4. The number of ether oxygens (including phenoxy) is 1. The number of hydrogen-bond donors (Lipinski definition) is 1. The number of benzene rings is 1. The smallest absolute Gasteiger partial charge is 0.276 e. The Hall–Kier alpha value is -2.12. The summed E-state index contributed by atoms with van der Waals surface area (Å²) < 4.78 is 12.4. The second-order valence-electron chi connectivity index (χ2n) is 5.82. The highest BCUT2D eigenvalue weighted by Crippen LogP contribution is 2.25. The minimum Gasteiger partial charge on any atom is -0.484 e. The van der Waals surface area contributed by atoms with Crippen LogP contribution in [0.1, 0.15) is 31.3 Å². The van der Waals surface area contributed by atoms with Gasteiger partial charge in [-0.05, 0) is 58.8 Å². The number of carbonyl (C=O) groups is 1. The lowest BCUT2D eigenvalue weighted by atomic mass is 10.3. The van der Waals surface area contributed by atoms with Gasteiger partial charge in [0.05, 0.1) is 4.47 Å². The molecule has 0 spiro atoms. The number of furan rings is 1. The quantitative estimate of drug-likeness (QED) is 0.514. The van der Waals surface area contributed by atoms with Crippen molar-refractivity contribution in [2.75, 3.05) is 6.54 Å². The summed E-state index contributed by atoms with van der Waals surface area (Å²) >= 11 is 8.68. The van der Waals surface area contributed by atoms with Crippen molar-refractivity contribution in [1.29, 1.82) is 0 Å². The number of amides is 1. The van der Waals surface area contributed by atoms with Crippen LogP contribution in [0.15, 0.2) is 51.0 Å². The molecule has 1 aromatic heterocycles. The van der Waals surface area contributed by atoms with E-state index >= 15 is 0 Å². The van der Waals surface area contributed by atoms with Gasteiger partial charge in [0.2, 0.25) is 0 Å².